The number of ether oxygens (including phenoxy) is 2. The quantitative estimate of drug-likeness (QED) is 0.541. The number of nitrogens with zero attached hydrogens (tertiary/aromatic N) is 1. The fourth-order valence-corrected chi connectivity index (χ4v) is 2.89. The Bertz CT molecular complexity index is 1140. The fourth-order valence-electron chi connectivity index (χ4n) is 2.89. The maximum absolute atomic E-state index is 12.4. The minimum atomic E-state index is -0.585. The summed E-state index contributed by atoms with van der Waals surface area (Å²) < 4.78 is 16.1. The molecule has 136 valence electrons. The summed E-state index contributed by atoms with van der Waals surface area (Å²) in [5.74, 6) is -1.04. The minimum absolute atomic E-state index is 0.0508. The molecule has 2 aromatic carbocycles. The maximum Gasteiger partial charge on any atom is 0.374 e. The molecule has 0 saturated heterocycles. The normalized spacial score (nSPS) is 11.0. The average molecular weight is 364 g/mol. The number of benzene rings is 2. The summed E-state index contributed by atoms with van der Waals surface area (Å²) in [5, 5.41) is 8.35. The number of H-pyrrole nitrogens is 1. The van der Waals surface area contributed by atoms with Crippen LogP contribution in [-0.2, 0) is 16.1 Å². The third kappa shape index (κ3) is 3.15. The van der Waals surface area contributed by atoms with Crippen LogP contribution in [0.1, 0.15) is 33.4 Å². The number of hydrogen-bond donors (Lipinski definition) is 1. The van der Waals surface area contributed by atoms with Crippen molar-refractivity contribution < 1.29 is 23.5 Å². The number of para-hydroxylation sites is 1. The predicted molar refractivity (Wildman–Crippen MR) is 97.4 cm³/mol. The average Bonchev–Trinajstić information content (AvgIpc) is 3.30. The zero-order chi connectivity index (χ0) is 18.8. The third-order valence-electron chi connectivity index (χ3n) is 4.18. The van der Waals surface area contributed by atoms with Crippen LogP contribution in [0.3, 0.4) is 0 Å². The molecule has 1 N–H and O–H groups in total. The second-order valence-corrected chi connectivity index (χ2v) is 5.87. The van der Waals surface area contributed by atoms with Gasteiger partial charge in [0, 0.05) is 10.8 Å². The molecule has 7 nitrogen and oxygen atoms in total. The van der Waals surface area contributed by atoms with Gasteiger partial charge < -0.3 is 13.9 Å². The summed E-state index contributed by atoms with van der Waals surface area (Å²) in [4.78, 5) is 24.6. The van der Waals surface area contributed by atoms with Crippen molar-refractivity contribution in [3.05, 3.63) is 65.5 Å². The standard InChI is InChI=1S/C20H16N2O5/c1-2-25-20(24)18-15(14-5-3-4-6-17(14)27-18)11-26-19(23)12-7-8-13-10-21-22-16(13)9-12/h3-10H,2,11H2,1H3,(H,21,22). The van der Waals surface area contributed by atoms with Gasteiger partial charge in [-0.1, -0.05) is 24.3 Å². The molecule has 0 atom stereocenters. The van der Waals surface area contributed by atoms with Gasteiger partial charge in [-0.3, -0.25) is 5.10 Å². The Morgan fingerprint density at radius 3 is 2.81 bits per heavy atom. The van der Waals surface area contributed by atoms with Gasteiger partial charge in [-0.15, -0.1) is 0 Å². The zero-order valence-corrected chi connectivity index (χ0v) is 14.5. The lowest BCUT2D eigenvalue weighted by Crippen LogP contribution is -2.09. The lowest BCUT2D eigenvalue weighted by molar-refractivity contribution is 0.0435. The smallest absolute Gasteiger partial charge is 0.374 e. The molecule has 0 aliphatic rings. The van der Waals surface area contributed by atoms with Gasteiger partial charge in [-0.2, -0.15) is 5.10 Å². The molecule has 0 fully saturated rings. The number of hydrogen-bond acceptors (Lipinski definition) is 6. The Labute approximate surface area is 153 Å². The van der Waals surface area contributed by atoms with Crippen LogP contribution < -0.4 is 0 Å². The summed E-state index contributed by atoms with van der Waals surface area (Å²) in [6, 6.07) is 12.3. The van der Waals surface area contributed by atoms with E-state index in [0.29, 0.717) is 22.1 Å². The van der Waals surface area contributed by atoms with Crippen LogP contribution in [0, 0.1) is 0 Å². The summed E-state index contributed by atoms with van der Waals surface area (Å²) in [5.41, 5.74) is 2.15. The molecule has 0 radical (unpaired) electrons. The van der Waals surface area contributed by atoms with Gasteiger partial charge in [0.05, 0.1) is 29.4 Å². The molecule has 2 aromatic heterocycles. The number of carbonyl (C=O) groups is 2. The molecule has 0 aliphatic heterocycles. The van der Waals surface area contributed by atoms with E-state index in [1.165, 1.54) is 0 Å². The van der Waals surface area contributed by atoms with E-state index >= 15 is 0 Å². The van der Waals surface area contributed by atoms with Crippen LogP contribution in [0.2, 0.25) is 0 Å². The summed E-state index contributed by atoms with van der Waals surface area (Å²) >= 11 is 0. The summed E-state index contributed by atoms with van der Waals surface area (Å²) in [7, 11) is 0. The third-order valence-corrected chi connectivity index (χ3v) is 4.18. The Kier molecular flexibility index (Phi) is 4.33. The first-order valence-corrected chi connectivity index (χ1v) is 8.45. The Morgan fingerprint density at radius 1 is 1.11 bits per heavy atom. The molecule has 27 heavy (non-hydrogen) atoms. The molecular weight excluding hydrogens is 348 g/mol. The highest BCUT2D eigenvalue weighted by Crippen LogP contribution is 2.27. The number of nitrogens with one attached hydrogen (secondary N) is 1. The van der Waals surface area contributed by atoms with Crippen LogP contribution >= 0.6 is 0 Å². The van der Waals surface area contributed by atoms with Crippen molar-refractivity contribution >= 4 is 33.8 Å². The van der Waals surface area contributed by atoms with E-state index in [1.54, 1.807) is 49.5 Å². The van der Waals surface area contributed by atoms with Crippen molar-refractivity contribution in [1.82, 2.24) is 10.2 Å². The number of rotatable bonds is 5. The van der Waals surface area contributed by atoms with Crippen molar-refractivity contribution in [1.29, 1.82) is 0 Å². The van der Waals surface area contributed by atoms with Crippen LogP contribution in [0.25, 0.3) is 21.9 Å². The van der Waals surface area contributed by atoms with E-state index in [1.807, 2.05) is 6.07 Å². The minimum Gasteiger partial charge on any atom is -0.460 e. The first kappa shape index (κ1) is 16.8. The highest BCUT2D eigenvalue weighted by molar-refractivity contribution is 5.97. The van der Waals surface area contributed by atoms with Gasteiger partial charge in [0.2, 0.25) is 5.76 Å². The molecule has 7 heteroatoms. The number of esters is 2. The Balaban J connectivity index is 1.61. The summed E-state index contributed by atoms with van der Waals surface area (Å²) in [6.07, 6.45) is 1.67. The number of carbonyl (C=O) groups excluding carboxylic acids is 2. The van der Waals surface area contributed by atoms with Crippen LogP contribution in [-0.4, -0.2) is 28.7 Å². The van der Waals surface area contributed by atoms with E-state index < -0.39 is 11.9 Å². The van der Waals surface area contributed by atoms with Gasteiger partial charge in [-0.05, 0) is 25.1 Å². The van der Waals surface area contributed by atoms with Crippen LogP contribution in [0.5, 0.6) is 0 Å². The van der Waals surface area contributed by atoms with Gasteiger partial charge in [0.15, 0.2) is 0 Å². The van der Waals surface area contributed by atoms with E-state index in [2.05, 4.69) is 10.2 Å². The van der Waals surface area contributed by atoms with Crippen LogP contribution in [0.15, 0.2) is 53.1 Å². The highest BCUT2D eigenvalue weighted by atomic mass is 16.5. The van der Waals surface area contributed by atoms with Gasteiger partial charge >= 0.3 is 11.9 Å². The second kappa shape index (κ2) is 6.95. The zero-order valence-electron chi connectivity index (χ0n) is 14.5. The Hall–Kier alpha value is -3.61. The molecular formula is C20H16N2O5. The largest absolute Gasteiger partial charge is 0.460 e. The molecule has 0 bridgehead atoms. The number of fused-ring (bicyclic) bond motifs is 2. The first-order chi connectivity index (χ1) is 13.2. The van der Waals surface area contributed by atoms with E-state index in [-0.39, 0.29) is 19.0 Å². The number of furan rings is 1. The molecule has 4 aromatic rings. The van der Waals surface area contributed by atoms with Gasteiger partial charge in [-0.25, -0.2) is 9.59 Å². The lowest BCUT2D eigenvalue weighted by Gasteiger charge is -2.06. The van der Waals surface area contributed by atoms with Crippen molar-refractivity contribution in [3.8, 4) is 0 Å². The SMILES string of the molecule is CCOC(=O)c1oc2ccccc2c1COC(=O)c1ccc2cn[nH]c2c1. The molecule has 0 unspecified atom stereocenters. The van der Waals surface area contributed by atoms with Crippen molar-refractivity contribution in [2.75, 3.05) is 6.61 Å². The molecule has 0 saturated carbocycles. The van der Waals surface area contributed by atoms with Gasteiger partial charge in [0.25, 0.3) is 0 Å². The first-order valence-electron chi connectivity index (χ1n) is 8.45. The van der Waals surface area contributed by atoms with E-state index in [0.717, 1.165) is 10.9 Å². The van der Waals surface area contributed by atoms with E-state index in [4.69, 9.17) is 13.9 Å². The van der Waals surface area contributed by atoms with Crippen molar-refractivity contribution in [2.24, 2.45) is 0 Å². The fraction of sp³-hybridized carbons (Fsp3) is 0.150. The molecule has 2 heterocycles. The monoisotopic (exact) mass is 364 g/mol. The molecule has 4 rings (SSSR count). The lowest BCUT2D eigenvalue weighted by atomic mass is 10.1. The van der Waals surface area contributed by atoms with Crippen LogP contribution in [0.4, 0.5) is 0 Å². The molecule has 0 amide bonds. The topological polar surface area (TPSA) is 94.4 Å². The van der Waals surface area contributed by atoms with E-state index in [9.17, 15) is 9.59 Å². The number of aromatic amines is 1. The second-order valence-electron chi connectivity index (χ2n) is 5.87. The van der Waals surface area contributed by atoms with Crippen molar-refractivity contribution in [2.45, 2.75) is 13.5 Å². The van der Waals surface area contributed by atoms with Gasteiger partial charge in [0.1, 0.15) is 12.2 Å². The summed E-state index contributed by atoms with van der Waals surface area (Å²) in [6.45, 7) is 1.83. The predicted octanol–water partition coefficient (Wildman–Crippen LogP) is 3.84. The maximum atomic E-state index is 12.4. The molecule has 0 spiro atoms. The Morgan fingerprint density at radius 2 is 1.96 bits per heavy atom. The molecule has 0 aliphatic carbocycles. The van der Waals surface area contributed by atoms with Crippen molar-refractivity contribution in [3.63, 3.8) is 0 Å². The highest BCUT2D eigenvalue weighted by Gasteiger charge is 2.23. The number of aromatic nitrogens is 2.